The molecule has 1 aromatic heterocycles. The van der Waals surface area contributed by atoms with Gasteiger partial charge in [-0.05, 0) is 28.8 Å². The summed E-state index contributed by atoms with van der Waals surface area (Å²) in [6.07, 6.45) is 6.94. The van der Waals surface area contributed by atoms with Crippen molar-refractivity contribution in [3.8, 4) is 0 Å². The van der Waals surface area contributed by atoms with Gasteiger partial charge in [-0.1, -0.05) is 48.5 Å². The number of hydrogen-bond donors (Lipinski definition) is 4. The monoisotopic (exact) mass is 457 g/mol. The topological polar surface area (TPSA) is 119 Å². The molecule has 8 heteroatoms. The Labute approximate surface area is 188 Å². The van der Waals surface area contributed by atoms with Crippen LogP contribution in [0.5, 0.6) is 0 Å². The summed E-state index contributed by atoms with van der Waals surface area (Å²) >= 11 is 1.06. The van der Waals surface area contributed by atoms with Crippen molar-refractivity contribution in [2.45, 2.75) is 12.5 Å². The summed E-state index contributed by atoms with van der Waals surface area (Å²) in [5, 5.41) is 20.6. The quantitative estimate of drug-likeness (QED) is 0.438. The predicted molar refractivity (Wildman–Crippen MR) is 114 cm³/mol. The number of rotatable bonds is 5. The molecule has 2 aromatic carbocycles. The molecule has 4 N–H and O–H groups in total. The molecule has 1 atom stereocenters. The van der Waals surface area contributed by atoms with E-state index in [2.05, 4.69) is 10.3 Å². The third-order valence-electron chi connectivity index (χ3n) is 4.76. The minimum atomic E-state index is -0.968. The van der Waals surface area contributed by atoms with Gasteiger partial charge in [-0.2, -0.15) is 0 Å². The molecular formula is C23H22N2O5V. The summed E-state index contributed by atoms with van der Waals surface area (Å²) in [5.41, 5.74) is 4.09. The van der Waals surface area contributed by atoms with Gasteiger partial charge in [0.2, 0.25) is 0 Å². The zero-order chi connectivity index (χ0) is 22.8. The molecule has 0 saturated carbocycles. The van der Waals surface area contributed by atoms with Gasteiger partial charge in [-0.15, -0.1) is 0 Å². The molecule has 0 radical (unpaired) electrons. The maximum absolute atomic E-state index is 12.3. The van der Waals surface area contributed by atoms with Crippen molar-refractivity contribution in [1.29, 1.82) is 0 Å². The molecule has 31 heavy (non-hydrogen) atoms. The zero-order valence-electron chi connectivity index (χ0n) is 16.8. The number of hydrogen-bond acceptors (Lipinski definition) is 5. The summed E-state index contributed by atoms with van der Waals surface area (Å²) in [4.78, 5) is 27.2. The van der Waals surface area contributed by atoms with Crippen LogP contribution in [-0.4, -0.2) is 40.1 Å². The Morgan fingerprint density at radius 3 is 2.52 bits per heavy atom. The number of aliphatic hydroxyl groups excluding tert-OH is 1. The third-order valence-corrected chi connectivity index (χ3v) is 4.76. The molecule has 3 aromatic rings. The van der Waals surface area contributed by atoms with Crippen molar-refractivity contribution in [2.75, 3.05) is 7.11 Å². The number of para-hydroxylation sites is 1. The number of carbonyl (C=O) groups excluding carboxylic acids is 1. The fraction of sp³-hybridized carbons (Fsp3) is 0.130. The average molecular weight is 457 g/mol. The SMILES string of the molecule is CO.O=C1C=Cc2ccccc2/C1=C/N[C@@H](Cc1c[nH]c2ccccc12)C(=O)O.[O]=[V]. The van der Waals surface area contributed by atoms with E-state index < -0.39 is 12.0 Å². The molecule has 1 heterocycles. The molecule has 7 nitrogen and oxygen atoms in total. The average Bonchev–Trinajstić information content (AvgIpc) is 3.23. The zero-order valence-corrected chi connectivity index (χ0v) is 18.2. The summed E-state index contributed by atoms with van der Waals surface area (Å²) < 4.78 is 8.19. The van der Waals surface area contributed by atoms with Crippen LogP contribution in [0.1, 0.15) is 16.7 Å². The van der Waals surface area contributed by atoms with Crippen LogP contribution in [-0.2, 0) is 37.1 Å². The second-order valence-corrected chi connectivity index (χ2v) is 6.46. The van der Waals surface area contributed by atoms with Gasteiger partial charge in [0.1, 0.15) is 6.04 Å². The van der Waals surface area contributed by atoms with Crippen molar-refractivity contribution in [3.63, 3.8) is 0 Å². The first kappa shape index (κ1) is 24.0. The van der Waals surface area contributed by atoms with Gasteiger partial charge < -0.3 is 20.5 Å². The molecule has 0 fully saturated rings. The van der Waals surface area contributed by atoms with Crippen molar-refractivity contribution in [1.82, 2.24) is 10.3 Å². The van der Waals surface area contributed by atoms with Crippen molar-refractivity contribution >= 4 is 34.3 Å². The van der Waals surface area contributed by atoms with Gasteiger partial charge >= 0.3 is 27.0 Å². The normalized spacial score (nSPS) is 14.0. The van der Waals surface area contributed by atoms with E-state index in [0.717, 1.165) is 52.1 Å². The Kier molecular flexibility index (Phi) is 9.15. The van der Waals surface area contributed by atoms with E-state index in [0.29, 0.717) is 12.0 Å². The standard InChI is InChI=1S/C22H18N2O3.CH4O.O.V/c25-21-10-9-14-5-1-2-6-16(14)18(21)13-24-20(22(26)27)11-15-12-23-19-8-4-3-7-17(15)19;1-2;;/h1-10,12-13,20,23-24H,11H2,(H,26,27);2H,1H3;;/b18-13-;;;/t20-;;;/m0.../s1. The number of carboxylic acids is 1. The fourth-order valence-corrected chi connectivity index (χ4v) is 3.35. The van der Waals surface area contributed by atoms with Gasteiger partial charge in [0.25, 0.3) is 0 Å². The number of fused-ring (bicyclic) bond motifs is 2. The first-order valence-corrected chi connectivity index (χ1v) is 9.89. The molecule has 0 spiro atoms. The molecule has 1 aliphatic rings. The number of allylic oxidation sites excluding steroid dienone is 2. The van der Waals surface area contributed by atoms with E-state index in [1.54, 1.807) is 6.08 Å². The number of ketones is 1. The van der Waals surface area contributed by atoms with Gasteiger partial charge in [-0.25, -0.2) is 4.79 Å². The van der Waals surface area contributed by atoms with E-state index in [1.165, 1.54) is 12.3 Å². The number of aliphatic hydroxyl groups is 1. The van der Waals surface area contributed by atoms with Crippen molar-refractivity contribution in [2.24, 2.45) is 0 Å². The van der Waals surface area contributed by atoms with Crippen LogP contribution < -0.4 is 5.32 Å². The first-order chi connectivity index (χ1) is 15.1. The summed E-state index contributed by atoms with van der Waals surface area (Å²) in [6.45, 7) is 0. The fourth-order valence-electron chi connectivity index (χ4n) is 3.35. The number of H-pyrrole nitrogens is 1. The van der Waals surface area contributed by atoms with Crippen LogP contribution in [0.2, 0.25) is 0 Å². The van der Waals surface area contributed by atoms with Crippen LogP contribution in [0.3, 0.4) is 0 Å². The molecule has 159 valence electrons. The number of aliphatic carboxylic acids is 1. The van der Waals surface area contributed by atoms with Crippen LogP contribution in [0.15, 0.2) is 67.0 Å². The van der Waals surface area contributed by atoms with Gasteiger partial charge in [0.15, 0.2) is 5.78 Å². The number of aromatic nitrogens is 1. The third kappa shape index (κ3) is 5.67. The minimum absolute atomic E-state index is 0.141. The Balaban J connectivity index is 0.000000807. The molecule has 0 unspecified atom stereocenters. The summed E-state index contributed by atoms with van der Waals surface area (Å²) in [5.74, 6) is -1.11. The second kappa shape index (κ2) is 11.8. The van der Waals surface area contributed by atoms with Crippen LogP contribution >= 0.6 is 0 Å². The number of nitrogens with one attached hydrogen (secondary N) is 2. The van der Waals surface area contributed by atoms with Gasteiger partial charge in [0, 0.05) is 42.4 Å². The van der Waals surface area contributed by atoms with E-state index in [1.807, 2.05) is 54.7 Å². The van der Waals surface area contributed by atoms with Gasteiger partial charge in [-0.3, -0.25) is 4.79 Å². The summed E-state index contributed by atoms with van der Waals surface area (Å²) in [6, 6.07) is 14.5. The number of carboxylic acid groups (broad SMARTS) is 1. The molecule has 0 amide bonds. The maximum atomic E-state index is 12.3. The number of aromatic amines is 1. The molecule has 0 saturated heterocycles. The van der Waals surface area contributed by atoms with Crippen LogP contribution in [0.25, 0.3) is 22.6 Å². The van der Waals surface area contributed by atoms with E-state index in [9.17, 15) is 14.7 Å². The summed E-state index contributed by atoms with van der Waals surface area (Å²) in [7, 11) is 1.00. The number of carbonyl (C=O) groups is 2. The molecule has 0 aliphatic heterocycles. The van der Waals surface area contributed by atoms with E-state index in [4.69, 9.17) is 8.78 Å². The number of benzene rings is 2. The molecular weight excluding hydrogens is 435 g/mol. The Hall–Kier alpha value is -3.26. The van der Waals surface area contributed by atoms with E-state index >= 15 is 0 Å². The van der Waals surface area contributed by atoms with Crippen molar-refractivity contribution in [3.05, 3.63) is 83.7 Å². The van der Waals surface area contributed by atoms with Crippen LogP contribution in [0, 0.1) is 0 Å². The Bertz CT molecular complexity index is 1120. The predicted octanol–water partition coefficient (Wildman–Crippen LogP) is 2.88. The Morgan fingerprint density at radius 2 is 1.77 bits per heavy atom. The molecule has 0 bridgehead atoms. The second-order valence-electron chi connectivity index (χ2n) is 6.46. The van der Waals surface area contributed by atoms with Crippen LogP contribution in [0.4, 0.5) is 0 Å². The molecule has 4 rings (SSSR count). The molecule has 1 aliphatic carbocycles. The van der Waals surface area contributed by atoms with Gasteiger partial charge in [0.05, 0.1) is 0 Å². The van der Waals surface area contributed by atoms with Crippen molar-refractivity contribution < 1.29 is 40.8 Å². The van der Waals surface area contributed by atoms with E-state index in [-0.39, 0.29) is 5.78 Å². The Morgan fingerprint density at radius 1 is 1.10 bits per heavy atom. The first-order valence-electron chi connectivity index (χ1n) is 9.32.